The lowest BCUT2D eigenvalue weighted by Crippen LogP contribution is -2.61. The highest BCUT2D eigenvalue weighted by Crippen LogP contribution is 2.14. The number of likely N-dealkylation sites (N-methyl/N-ethyl adjacent to an activating group) is 1. The standard InChI is InChI=1S/C13H15ClN2O2/c1-8-12(17)15-11(13(18)16(8)2)7-9-3-5-10(14)6-4-9/h3-6,8,11H,7H2,1-2H3,(H,15,17)/t8-,11?/m0/s1. The number of rotatable bonds is 2. The highest BCUT2D eigenvalue weighted by Gasteiger charge is 2.35. The van der Waals surface area contributed by atoms with Crippen molar-refractivity contribution in [1.82, 2.24) is 10.2 Å². The van der Waals surface area contributed by atoms with Crippen molar-refractivity contribution in [2.75, 3.05) is 7.05 Å². The summed E-state index contributed by atoms with van der Waals surface area (Å²) in [6.07, 6.45) is 0.485. The monoisotopic (exact) mass is 266 g/mol. The zero-order valence-corrected chi connectivity index (χ0v) is 11.1. The summed E-state index contributed by atoms with van der Waals surface area (Å²) in [7, 11) is 1.65. The second kappa shape index (κ2) is 4.98. The minimum atomic E-state index is -0.486. The third-order valence-corrected chi connectivity index (χ3v) is 3.53. The van der Waals surface area contributed by atoms with Crippen molar-refractivity contribution in [2.45, 2.75) is 25.4 Å². The van der Waals surface area contributed by atoms with Gasteiger partial charge >= 0.3 is 0 Å². The number of benzene rings is 1. The van der Waals surface area contributed by atoms with Gasteiger partial charge in [-0.1, -0.05) is 23.7 Å². The predicted molar refractivity (Wildman–Crippen MR) is 69.3 cm³/mol. The Bertz CT molecular complexity index is 472. The molecule has 2 amide bonds. The molecular weight excluding hydrogens is 252 g/mol. The molecule has 2 atom stereocenters. The van der Waals surface area contributed by atoms with Gasteiger partial charge in [0.25, 0.3) is 0 Å². The summed E-state index contributed by atoms with van der Waals surface area (Å²) >= 11 is 5.80. The molecule has 0 spiro atoms. The van der Waals surface area contributed by atoms with Crippen molar-refractivity contribution in [3.05, 3.63) is 34.9 Å². The van der Waals surface area contributed by atoms with Gasteiger partial charge in [0.2, 0.25) is 11.8 Å². The number of hydrogen-bond donors (Lipinski definition) is 1. The number of hydrogen-bond acceptors (Lipinski definition) is 2. The zero-order valence-electron chi connectivity index (χ0n) is 10.3. The summed E-state index contributed by atoms with van der Waals surface area (Å²) in [5.74, 6) is -0.173. The van der Waals surface area contributed by atoms with Gasteiger partial charge in [0, 0.05) is 18.5 Å². The zero-order chi connectivity index (χ0) is 13.3. The third kappa shape index (κ3) is 2.48. The van der Waals surface area contributed by atoms with E-state index in [0.29, 0.717) is 11.4 Å². The molecular formula is C13H15ClN2O2. The second-order valence-electron chi connectivity index (χ2n) is 4.52. The third-order valence-electron chi connectivity index (χ3n) is 3.28. The van der Waals surface area contributed by atoms with Gasteiger partial charge in [0.05, 0.1) is 0 Å². The van der Waals surface area contributed by atoms with E-state index in [-0.39, 0.29) is 11.8 Å². The lowest BCUT2D eigenvalue weighted by atomic mass is 10.0. The number of nitrogens with one attached hydrogen (secondary N) is 1. The Labute approximate surface area is 111 Å². The van der Waals surface area contributed by atoms with Gasteiger partial charge in [-0.3, -0.25) is 9.59 Å². The molecule has 5 heteroatoms. The molecule has 2 rings (SSSR count). The fourth-order valence-corrected chi connectivity index (χ4v) is 2.09. The van der Waals surface area contributed by atoms with Gasteiger partial charge in [-0.15, -0.1) is 0 Å². The van der Waals surface area contributed by atoms with Crippen molar-refractivity contribution < 1.29 is 9.59 Å². The molecule has 1 aliphatic heterocycles. The first-order chi connectivity index (χ1) is 8.49. The molecule has 1 N–H and O–H groups in total. The molecule has 1 unspecified atom stereocenters. The van der Waals surface area contributed by atoms with Crippen molar-refractivity contribution >= 4 is 23.4 Å². The molecule has 1 saturated heterocycles. The van der Waals surface area contributed by atoms with Crippen LogP contribution in [0.1, 0.15) is 12.5 Å². The normalized spacial score (nSPS) is 24.1. The molecule has 1 aromatic carbocycles. The number of carbonyl (C=O) groups is 2. The molecule has 0 aromatic heterocycles. The van der Waals surface area contributed by atoms with Crippen molar-refractivity contribution in [3.8, 4) is 0 Å². The van der Waals surface area contributed by atoms with Crippen LogP contribution in [0.25, 0.3) is 0 Å². The van der Waals surface area contributed by atoms with E-state index in [4.69, 9.17) is 11.6 Å². The molecule has 0 bridgehead atoms. The fraction of sp³-hybridized carbons (Fsp3) is 0.385. The van der Waals surface area contributed by atoms with E-state index < -0.39 is 12.1 Å². The van der Waals surface area contributed by atoms with Crippen LogP contribution in [0, 0.1) is 0 Å². The quantitative estimate of drug-likeness (QED) is 0.875. The van der Waals surface area contributed by atoms with Crippen LogP contribution in [-0.2, 0) is 16.0 Å². The van der Waals surface area contributed by atoms with Crippen LogP contribution in [0.2, 0.25) is 5.02 Å². The Morgan fingerprint density at radius 1 is 1.28 bits per heavy atom. The van der Waals surface area contributed by atoms with E-state index >= 15 is 0 Å². The van der Waals surface area contributed by atoms with Gasteiger partial charge in [0.1, 0.15) is 12.1 Å². The lowest BCUT2D eigenvalue weighted by Gasteiger charge is -2.34. The summed E-state index contributed by atoms with van der Waals surface area (Å²) in [6, 6.07) is 6.38. The summed E-state index contributed by atoms with van der Waals surface area (Å²) < 4.78 is 0. The largest absolute Gasteiger partial charge is 0.342 e. The maximum atomic E-state index is 12.0. The Kier molecular flexibility index (Phi) is 3.57. The molecule has 1 fully saturated rings. The van der Waals surface area contributed by atoms with E-state index in [2.05, 4.69) is 5.32 Å². The molecule has 1 heterocycles. The molecule has 0 radical (unpaired) electrons. The maximum Gasteiger partial charge on any atom is 0.245 e. The molecule has 18 heavy (non-hydrogen) atoms. The van der Waals surface area contributed by atoms with Crippen molar-refractivity contribution in [1.29, 1.82) is 0 Å². The fourth-order valence-electron chi connectivity index (χ4n) is 1.96. The van der Waals surface area contributed by atoms with Gasteiger partial charge in [-0.2, -0.15) is 0 Å². The average molecular weight is 267 g/mol. The Balaban J connectivity index is 2.11. The van der Waals surface area contributed by atoms with E-state index in [1.165, 1.54) is 4.90 Å². The number of nitrogens with zero attached hydrogens (tertiary/aromatic N) is 1. The summed E-state index contributed by atoms with van der Waals surface area (Å²) in [6.45, 7) is 1.71. The predicted octanol–water partition coefficient (Wildman–Crippen LogP) is 1.23. The molecule has 0 aliphatic carbocycles. The highest BCUT2D eigenvalue weighted by molar-refractivity contribution is 6.30. The van der Waals surface area contributed by atoms with Gasteiger partial charge < -0.3 is 10.2 Å². The van der Waals surface area contributed by atoms with E-state index in [9.17, 15) is 9.59 Å². The first-order valence-electron chi connectivity index (χ1n) is 5.80. The van der Waals surface area contributed by atoms with E-state index in [1.54, 1.807) is 26.1 Å². The lowest BCUT2D eigenvalue weighted by molar-refractivity contribution is -0.146. The van der Waals surface area contributed by atoms with Crippen LogP contribution in [0.4, 0.5) is 0 Å². The molecule has 96 valence electrons. The van der Waals surface area contributed by atoms with E-state index in [1.807, 2.05) is 12.1 Å². The number of carbonyl (C=O) groups excluding carboxylic acids is 2. The molecule has 0 saturated carbocycles. The van der Waals surface area contributed by atoms with Crippen molar-refractivity contribution in [3.63, 3.8) is 0 Å². The van der Waals surface area contributed by atoms with Gasteiger partial charge in [0.15, 0.2) is 0 Å². The SMILES string of the molecule is C[C@H]1C(=O)NC(Cc2ccc(Cl)cc2)C(=O)N1C. The first kappa shape index (κ1) is 12.9. The van der Waals surface area contributed by atoms with Crippen molar-refractivity contribution in [2.24, 2.45) is 0 Å². The minimum Gasteiger partial charge on any atom is -0.342 e. The minimum absolute atomic E-state index is 0.0583. The summed E-state index contributed by atoms with van der Waals surface area (Å²) in [5.41, 5.74) is 0.973. The van der Waals surface area contributed by atoms with Gasteiger partial charge in [-0.05, 0) is 24.6 Å². The van der Waals surface area contributed by atoms with Crippen LogP contribution in [0.15, 0.2) is 24.3 Å². The van der Waals surface area contributed by atoms with Gasteiger partial charge in [-0.25, -0.2) is 0 Å². The Hall–Kier alpha value is -1.55. The van der Waals surface area contributed by atoms with Crippen LogP contribution in [-0.4, -0.2) is 35.8 Å². The van der Waals surface area contributed by atoms with Crippen LogP contribution < -0.4 is 5.32 Å². The topological polar surface area (TPSA) is 49.4 Å². The summed E-state index contributed by atoms with van der Waals surface area (Å²) in [5, 5.41) is 3.40. The summed E-state index contributed by atoms with van der Waals surface area (Å²) in [4.78, 5) is 25.2. The maximum absolute atomic E-state index is 12.0. The number of piperazine rings is 1. The molecule has 4 nitrogen and oxygen atoms in total. The Morgan fingerprint density at radius 2 is 1.89 bits per heavy atom. The first-order valence-corrected chi connectivity index (χ1v) is 6.18. The Morgan fingerprint density at radius 3 is 2.50 bits per heavy atom. The molecule has 1 aromatic rings. The second-order valence-corrected chi connectivity index (χ2v) is 4.95. The van der Waals surface area contributed by atoms with E-state index in [0.717, 1.165) is 5.56 Å². The smallest absolute Gasteiger partial charge is 0.245 e. The highest BCUT2D eigenvalue weighted by atomic mass is 35.5. The molecule has 1 aliphatic rings. The average Bonchev–Trinajstić information content (AvgIpc) is 2.36. The van der Waals surface area contributed by atoms with Crippen LogP contribution in [0.3, 0.4) is 0 Å². The number of halogens is 1. The van der Waals surface area contributed by atoms with Crippen LogP contribution >= 0.6 is 11.6 Å². The number of amides is 2. The van der Waals surface area contributed by atoms with Crippen LogP contribution in [0.5, 0.6) is 0 Å².